The Morgan fingerprint density at radius 3 is 2.94 bits per heavy atom. The minimum Gasteiger partial charge on any atom is -0.466 e. The summed E-state index contributed by atoms with van der Waals surface area (Å²) in [4.78, 5) is 11.3. The molecule has 1 aromatic heterocycles. The molecule has 1 aliphatic heterocycles. The van der Waals surface area contributed by atoms with Crippen molar-refractivity contribution in [3.8, 4) is 0 Å². The van der Waals surface area contributed by atoms with Gasteiger partial charge in [-0.3, -0.25) is 4.79 Å². The highest BCUT2D eigenvalue weighted by Gasteiger charge is 2.21. The van der Waals surface area contributed by atoms with Crippen LogP contribution in [0.2, 0.25) is 0 Å². The van der Waals surface area contributed by atoms with Crippen molar-refractivity contribution in [1.82, 2.24) is 0 Å². The zero-order valence-electron chi connectivity index (χ0n) is 9.93. The standard InChI is InChI=1S/C14H13NO3/c1-8-4-5-18-14(8)13(17)9-2-3-11-10(6-9)7-12(16)15-11/h2-6,13,17H,7H2,1H3,(H,15,16). The normalized spacial score (nSPS) is 15.3. The molecule has 0 spiro atoms. The molecule has 4 heteroatoms. The maximum absolute atomic E-state index is 11.3. The molecule has 0 saturated heterocycles. The molecule has 18 heavy (non-hydrogen) atoms. The van der Waals surface area contributed by atoms with Crippen LogP contribution in [0.25, 0.3) is 0 Å². The summed E-state index contributed by atoms with van der Waals surface area (Å²) in [5.74, 6) is 0.540. The number of aliphatic hydroxyl groups is 1. The van der Waals surface area contributed by atoms with Crippen LogP contribution in [-0.2, 0) is 11.2 Å². The van der Waals surface area contributed by atoms with Gasteiger partial charge in [-0.1, -0.05) is 12.1 Å². The van der Waals surface area contributed by atoms with Crippen LogP contribution >= 0.6 is 0 Å². The minimum atomic E-state index is -0.791. The first-order chi connectivity index (χ1) is 8.65. The fourth-order valence-electron chi connectivity index (χ4n) is 2.24. The molecule has 1 aliphatic rings. The van der Waals surface area contributed by atoms with E-state index in [0.29, 0.717) is 12.2 Å². The number of benzene rings is 1. The predicted octanol–water partition coefficient (Wildman–Crippen LogP) is 2.16. The Balaban J connectivity index is 1.97. The number of aliphatic hydroxyl groups excluding tert-OH is 1. The van der Waals surface area contributed by atoms with Gasteiger partial charge in [0.15, 0.2) is 0 Å². The average Bonchev–Trinajstić information content (AvgIpc) is 2.91. The van der Waals surface area contributed by atoms with Crippen LogP contribution in [-0.4, -0.2) is 11.0 Å². The zero-order chi connectivity index (χ0) is 12.7. The number of carbonyl (C=O) groups is 1. The molecule has 0 bridgehead atoms. The molecule has 2 heterocycles. The van der Waals surface area contributed by atoms with Gasteiger partial charge in [-0.25, -0.2) is 0 Å². The number of carbonyl (C=O) groups excluding carboxylic acids is 1. The van der Waals surface area contributed by atoms with Crippen molar-refractivity contribution in [2.75, 3.05) is 5.32 Å². The number of hydrogen-bond acceptors (Lipinski definition) is 3. The summed E-state index contributed by atoms with van der Waals surface area (Å²) < 4.78 is 5.29. The van der Waals surface area contributed by atoms with E-state index in [1.54, 1.807) is 12.3 Å². The molecule has 4 nitrogen and oxygen atoms in total. The number of fused-ring (bicyclic) bond motifs is 1. The van der Waals surface area contributed by atoms with Crippen molar-refractivity contribution in [2.24, 2.45) is 0 Å². The molecule has 1 aromatic carbocycles. The summed E-state index contributed by atoms with van der Waals surface area (Å²) in [5, 5.41) is 13.0. The Morgan fingerprint density at radius 1 is 1.39 bits per heavy atom. The SMILES string of the molecule is Cc1ccoc1C(O)c1ccc2c(c1)CC(=O)N2. The molecule has 1 unspecified atom stereocenters. The number of amides is 1. The van der Waals surface area contributed by atoms with Gasteiger partial charge >= 0.3 is 0 Å². The Labute approximate surface area is 104 Å². The number of aryl methyl sites for hydroxylation is 1. The summed E-state index contributed by atoms with van der Waals surface area (Å²) in [5.41, 5.74) is 3.40. The molecule has 2 aromatic rings. The van der Waals surface area contributed by atoms with Gasteiger partial charge in [0.1, 0.15) is 11.9 Å². The summed E-state index contributed by atoms with van der Waals surface area (Å²) >= 11 is 0. The lowest BCUT2D eigenvalue weighted by atomic mass is 10.0. The van der Waals surface area contributed by atoms with Gasteiger partial charge in [0.25, 0.3) is 0 Å². The van der Waals surface area contributed by atoms with Gasteiger partial charge in [-0.2, -0.15) is 0 Å². The molecule has 0 saturated carbocycles. The first-order valence-electron chi connectivity index (χ1n) is 5.80. The molecule has 2 N–H and O–H groups in total. The van der Waals surface area contributed by atoms with Gasteiger partial charge in [0, 0.05) is 5.69 Å². The highest BCUT2D eigenvalue weighted by molar-refractivity contribution is 5.99. The number of hydrogen-bond donors (Lipinski definition) is 2. The number of furan rings is 1. The van der Waals surface area contributed by atoms with E-state index in [1.807, 2.05) is 25.1 Å². The van der Waals surface area contributed by atoms with Gasteiger partial charge in [0.05, 0.1) is 12.7 Å². The second-order valence-electron chi connectivity index (χ2n) is 4.51. The van der Waals surface area contributed by atoms with Crippen LogP contribution in [0, 0.1) is 6.92 Å². The van der Waals surface area contributed by atoms with E-state index in [4.69, 9.17) is 4.42 Å². The maximum Gasteiger partial charge on any atom is 0.228 e. The Kier molecular flexibility index (Phi) is 2.45. The van der Waals surface area contributed by atoms with Gasteiger partial charge in [0.2, 0.25) is 5.91 Å². The third-order valence-corrected chi connectivity index (χ3v) is 3.22. The zero-order valence-corrected chi connectivity index (χ0v) is 9.93. The van der Waals surface area contributed by atoms with Crippen LogP contribution in [0.15, 0.2) is 34.9 Å². The summed E-state index contributed by atoms with van der Waals surface area (Å²) in [6.07, 6.45) is 1.14. The molecule has 0 fully saturated rings. The molecule has 92 valence electrons. The summed E-state index contributed by atoms with van der Waals surface area (Å²) in [6.45, 7) is 1.89. The highest BCUT2D eigenvalue weighted by Crippen LogP contribution is 2.30. The lowest BCUT2D eigenvalue weighted by Gasteiger charge is -2.10. The average molecular weight is 243 g/mol. The van der Waals surface area contributed by atoms with E-state index in [1.165, 1.54) is 0 Å². The number of anilines is 1. The van der Waals surface area contributed by atoms with Crippen LogP contribution in [0.5, 0.6) is 0 Å². The molecular weight excluding hydrogens is 230 g/mol. The monoisotopic (exact) mass is 243 g/mol. The van der Waals surface area contributed by atoms with E-state index in [2.05, 4.69) is 5.32 Å². The van der Waals surface area contributed by atoms with Crippen molar-refractivity contribution in [1.29, 1.82) is 0 Å². The number of nitrogens with one attached hydrogen (secondary N) is 1. The van der Waals surface area contributed by atoms with E-state index in [0.717, 1.165) is 22.4 Å². The van der Waals surface area contributed by atoms with Crippen molar-refractivity contribution in [3.05, 3.63) is 53.0 Å². The summed E-state index contributed by atoms with van der Waals surface area (Å²) in [6, 6.07) is 7.28. The van der Waals surface area contributed by atoms with Crippen molar-refractivity contribution in [3.63, 3.8) is 0 Å². The van der Waals surface area contributed by atoms with E-state index in [-0.39, 0.29) is 5.91 Å². The highest BCUT2D eigenvalue weighted by atomic mass is 16.4. The fourth-order valence-corrected chi connectivity index (χ4v) is 2.24. The first-order valence-corrected chi connectivity index (χ1v) is 5.80. The van der Waals surface area contributed by atoms with Gasteiger partial charge in [-0.15, -0.1) is 0 Å². The Bertz CT molecular complexity index is 615. The van der Waals surface area contributed by atoms with Crippen molar-refractivity contribution >= 4 is 11.6 Å². The van der Waals surface area contributed by atoms with E-state index in [9.17, 15) is 9.90 Å². The maximum atomic E-state index is 11.3. The molecule has 0 radical (unpaired) electrons. The minimum absolute atomic E-state index is 0.00850. The van der Waals surface area contributed by atoms with Gasteiger partial charge < -0.3 is 14.8 Å². The molecule has 0 aliphatic carbocycles. The third kappa shape index (κ3) is 1.71. The molecular formula is C14H13NO3. The van der Waals surface area contributed by atoms with Crippen LogP contribution in [0.4, 0.5) is 5.69 Å². The second kappa shape index (κ2) is 3.99. The second-order valence-corrected chi connectivity index (χ2v) is 4.51. The van der Waals surface area contributed by atoms with Crippen LogP contribution < -0.4 is 5.32 Å². The van der Waals surface area contributed by atoms with E-state index >= 15 is 0 Å². The third-order valence-electron chi connectivity index (χ3n) is 3.22. The van der Waals surface area contributed by atoms with Crippen LogP contribution in [0.1, 0.15) is 28.6 Å². The van der Waals surface area contributed by atoms with E-state index < -0.39 is 6.10 Å². The largest absolute Gasteiger partial charge is 0.466 e. The first kappa shape index (κ1) is 11.0. The Morgan fingerprint density at radius 2 is 2.22 bits per heavy atom. The predicted molar refractivity (Wildman–Crippen MR) is 66.3 cm³/mol. The Hall–Kier alpha value is -2.07. The smallest absolute Gasteiger partial charge is 0.228 e. The molecule has 1 amide bonds. The van der Waals surface area contributed by atoms with Gasteiger partial charge in [-0.05, 0) is 35.7 Å². The quantitative estimate of drug-likeness (QED) is 0.849. The fraction of sp³-hybridized carbons (Fsp3) is 0.214. The number of rotatable bonds is 2. The molecule has 1 atom stereocenters. The van der Waals surface area contributed by atoms with Crippen molar-refractivity contribution < 1.29 is 14.3 Å². The van der Waals surface area contributed by atoms with Crippen LogP contribution in [0.3, 0.4) is 0 Å². The van der Waals surface area contributed by atoms with Crippen molar-refractivity contribution in [2.45, 2.75) is 19.4 Å². The summed E-state index contributed by atoms with van der Waals surface area (Å²) in [7, 11) is 0. The lowest BCUT2D eigenvalue weighted by Crippen LogP contribution is -2.03. The lowest BCUT2D eigenvalue weighted by molar-refractivity contribution is -0.115. The topological polar surface area (TPSA) is 62.5 Å². The molecule has 3 rings (SSSR count).